The Morgan fingerprint density at radius 3 is 2.24 bits per heavy atom. The van der Waals surface area contributed by atoms with Crippen LogP contribution >= 0.6 is 11.6 Å². The molecule has 176 valence electrons. The molecule has 0 radical (unpaired) electrons. The topological polar surface area (TPSA) is 79.3 Å². The average Bonchev–Trinajstić information content (AvgIpc) is 3.09. The van der Waals surface area contributed by atoms with Gasteiger partial charge in [-0.1, -0.05) is 31.5 Å². The van der Waals surface area contributed by atoms with E-state index in [0.29, 0.717) is 40.7 Å². The summed E-state index contributed by atoms with van der Waals surface area (Å²) in [6.45, 7) is 6.68. The molecule has 2 aromatic carbocycles. The zero-order chi connectivity index (χ0) is 24.1. The molecule has 0 spiro atoms. The molecule has 1 atom stereocenters. The first-order valence-corrected chi connectivity index (χ1v) is 11.2. The third-order valence-electron chi connectivity index (χ3n) is 5.93. The first-order valence-electron chi connectivity index (χ1n) is 10.8. The van der Waals surface area contributed by atoms with E-state index in [0.717, 1.165) is 13.1 Å². The molecule has 2 aromatic rings. The number of likely N-dealkylation sites (N-methyl/N-ethyl adjacent to an activating group) is 1. The van der Waals surface area contributed by atoms with Crippen molar-refractivity contribution < 1.29 is 24.2 Å². The number of benzene rings is 2. The number of likely N-dealkylation sites (tertiary alicyclic amines) is 1. The lowest BCUT2D eigenvalue weighted by Crippen LogP contribution is -2.38. The third-order valence-corrected chi connectivity index (χ3v) is 6.18. The molecular formula is C25H29ClN2O5. The Bertz CT molecular complexity index is 1050. The maximum Gasteiger partial charge on any atom is 0.295 e. The molecule has 1 aliphatic heterocycles. The van der Waals surface area contributed by atoms with Gasteiger partial charge in [-0.2, -0.15) is 0 Å². The zero-order valence-electron chi connectivity index (χ0n) is 19.3. The highest BCUT2D eigenvalue weighted by atomic mass is 35.5. The van der Waals surface area contributed by atoms with Crippen LogP contribution in [0.5, 0.6) is 11.5 Å². The fourth-order valence-corrected chi connectivity index (χ4v) is 4.16. The van der Waals surface area contributed by atoms with Crippen molar-refractivity contribution in [1.82, 2.24) is 9.80 Å². The molecule has 0 saturated carbocycles. The number of ether oxygens (including phenoxy) is 2. The van der Waals surface area contributed by atoms with Crippen LogP contribution in [0.1, 0.15) is 31.0 Å². The van der Waals surface area contributed by atoms with Crippen molar-refractivity contribution in [2.24, 2.45) is 0 Å². The molecule has 1 fully saturated rings. The van der Waals surface area contributed by atoms with Crippen LogP contribution < -0.4 is 9.47 Å². The van der Waals surface area contributed by atoms with Crippen molar-refractivity contribution in [2.45, 2.75) is 19.9 Å². The summed E-state index contributed by atoms with van der Waals surface area (Å²) >= 11 is 5.98. The van der Waals surface area contributed by atoms with Gasteiger partial charge in [0.05, 0.1) is 25.8 Å². The highest BCUT2D eigenvalue weighted by Gasteiger charge is 2.46. The first kappa shape index (κ1) is 24.6. The number of nitrogens with zero attached hydrogens (tertiary/aromatic N) is 2. The normalized spacial score (nSPS) is 17.6. The van der Waals surface area contributed by atoms with Gasteiger partial charge in [-0.3, -0.25) is 9.59 Å². The Labute approximate surface area is 199 Å². The van der Waals surface area contributed by atoms with Crippen molar-refractivity contribution >= 4 is 29.1 Å². The van der Waals surface area contributed by atoms with E-state index in [9.17, 15) is 14.7 Å². The Morgan fingerprint density at radius 2 is 1.67 bits per heavy atom. The van der Waals surface area contributed by atoms with Gasteiger partial charge in [0.2, 0.25) is 0 Å². The lowest BCUT2D eigenvalue weighted by Gasteiger charge is -2.28. The summed E-state index contributed by atoms with van der Waals surface area (Å²) in [5.74, 6) is -0.607. The molecular weight excluding hydrogens is 444 g/mol. The van der Waals surface area contributed by atoms with Crippen LogP contribution in [-0.2, 0) is 9.59 Å². The molecule has 8 heteroatoms. The van der Waals surface area contributed by atoms with E-state index in [4.69, 9.17) is 21.1 Å². The lowest BCUT2D eigenvalue weighted by molar-refractivity contribution is -0.140. The van der Waals surface area contributed by atoms with Crippen LogP contribution in [0.25, 0.3) is 5.76 Å². The van der Waals surface area contributed by atoms with E-state index in [2.05, 4.69) is 4.90 Å². The molecule has 1 unspecified atom stereocenters. The second-order valence-electron chi connectivity index (χ2n) is 7.64. The number of Topliss-reactive ketones (excluding diaryl/α,β-unsaturated/α-hetero) is 1. The van der Waals surface area contributed by atoms with Crippen LogP contribution in [0, 0.1) is 0 Å². The monoisotopic (exact) mass is 472 g/mol. The highest BCUT2D eigenvalue weighted by Crippen LogP contribution is 2.41. The zero-order valence-corrected chi connectivity index (χ0v) is 20.1. The number of methoxy groups -OCH3 is 2. The number of aliphatic hydroxyl groups is 1. The smallest absolute Gasteiger partial charge is 0.295 e. The van der Waals surface area contributed by atoms with Gasteiger partial charge in [0, 0.05) is 23.7 Å². The maximum absolute atomic E-state index is 13.1. The van der Waals surface area contributed by atoms with Gasteiger partial charge in [0.15, 0.2) is 11.5 Å². The molecule has 1 saturated heterocycles. The number of hydrogen-bond acceptors (Lipinski definition) is 6. The number of ketones is 1. The second-order valence-corrected chi connectivity index (χ2v) is 8.08. The minimum Gasteiger partial charge on any atom is -0.507 e. The van der Waals surface area contributed by atoms with Crippen molar-refractivity contribution in [3.8, 4) is 11.5 Å². The first-order chi connectivity index (χ1) is 15.9. The molecule has 0 aliphatic carbocycles. The van der Waals surface area contributed by atoms with Crippen LogP contribution in [0.2, 0.25) is 5.02 Å². The Morgan fingerprint density at radius 1 is 1.03 bits per heavy atom. The molecule has 0 aromatic heterocycles. The summed E-state index contributed by atoms with van der Waals surface area (Å²) < 4.78 is 10.8. The maximum atomic E-state index is 13.1. The van der Waals surface area contributed by atoms with E-state index in [1.54, 1.807) is 42.5 Å². The van der Waals surface area contributed by atoms with Gasteiger partial charge in [0.25, 0.3) is 11.7 Å². The summed E-state index contributed by atoms with van der Waals surface area (Å²) in [6.07, 6.45) is 0. The molecule has 33 heavy (non-hydrogen) atoms. The molecule has 3 rings (SSSR count). The molecule has 1 N–H and O–H groups in total. The van der Waals surface area contributed by atoms with Crippen LogP contribution in [0.4, 0.5) is 0 Å². The Hall–Kier alpha value is -3.03. The van der Waals surface area contributed by atoms with Crippen molar-refractivity contribution in [3.63, 3.8) is 0 Å². The van der Waals surface area contributed by atoms with Crippen molar-refractivity contribution in [3.05, 3.63) is 64.2 Å². The number of amides is 1. The molecule has 1 heterocycles. The van der Waals surface area contributed by atoms with Gasteiger partial charge >= 0.3 is 0 Å². The van der Waals surface area contributed by atoms with E-state index in [1.165, 1.54) is 19.1 Å². The molecule has 1 amide bonds. The predicted molar refractivity (Wildman–Crippen MR) is 128 cm³/mol. The quantitative estimate of drug-likeness (QED) is 0.336. The Balaban J connectivity index is 2.14. The minimum absolute atomic E-state index is 0.0362. The number of aliphatic hydroxyl groups excluding tert-OH is 1. The second kappa shape index (κ2) is 10.7. The van der Waals surface area contributed by atoms with E-state index in [-0.39, 0.29) is 11.3 Å². The van der Waals surface area contributed by atoms with Gasteiger partial charge in [-0.25, -0.2) is 0 Å². The van der Waals surface area contributed by atoms with Crippen molar-refractivity contribution in [2.75, 3.05) is 40.4 Å². The molecule has 7 nitrogen and oxygen atoms in total. The summed E-state index contributed by atoms with van der Waals surface area (Å²) in [5, 5.41) is 11.6. The average molecular weight is 473 g/mol. The number of halogens is 1. The van der Waals surface area contributed by atoms with Gasteiger partial charge in [0.1, 0.15) is 5.76 Å². The third kappa shape index (κ3) is 4.99. The van der Waals surface area contributed by atoms with Crippen LogP contribution in [-0.4, -0.2) is 67.0 Å². The van der Waals surface area contributed by atoms with Gasteiger partial charge in [-0.15, -0.1) is 0 Å². The largest absolute Gasteiger partial charge is 0.507 e. The van der Waals surface area contributed by atoms with Crippen LogP contribution in [0.3, 0.4) is 0 Å². The summed E-state index contributed by atoms with van der Waals surface area (Å²) in [6, 6.07) is 10.9. The number of rotatable bonds is 9. The predicted octanol–water partition coefficient (Wildman–Crippen LogP) is 4.12. The van der Waals surface area contributed by atoms with Gasteiger partial charge < -0.3 is 24.4 Å². The number of hydrogen-bond donors (Lipinski definition) is 1. The Kier molecular flexibility index (Phi) is 8.00. The van der Waals surface area contributed by atoms with Crippen molar-refractivity contribution in [1.29, 1.82) is 0 Å². The van der Waals surface area contributed by atoms with E-state index < -0.39 is 17.7 Å². The fourth-order valence-electron chi connectivity index (χ4n) is 4.03. The lowest BCUT2D eigenvalue weighted by atomic mass is 9.95. The van der Waals surface area contributed by atoms with E-state index in [1.807, 2.05) is 13.8 Å². The molecule has 0 bridgehead atoms. The molecule has 1 aliphatic rings. The van der Waals surface area contributed by atoms with Gasteiger partial charge in [-0.05, 0) is 55.1 Å². The summed E-state index contributed by atoms with van der Waals surface area (Å²) in [5.41, 5.74) is 1.09. The summed E-state index contributed by atoms with van der Waals surface area (Å²) in [7, 11) is 3.06. The van der Waals surface area contributed by atoms with Crippen LogP contribution in [0.15, 0.2) is 48.0 Å². The SMILES string of the molecule is CCN(CC)CCN1C(=O)C(=O)C(=C(O)c2ccc(Cl)cc2)C1c1ccc(OC)c(OC)c1. The number of carbonyl (C=O) groups excluding carboxylic acids is 2. The standard InChI is InChI=1S/C25H29ClN2O5/c1-5-27(6-2)13-14-28-22(17-9-12-19(32-3)20(15-17)33-4)21(24(30)25(28)31)23(29)16-7-10-18(26)11-8-16/h7-12,15,22,29H,5-6,13-14H2,1-4H3. The van der Waals surface area contributed by atoms with E-state index >= 15 is 0 Å². The fraction of sp³-hybridized carbons (Fsp3) is 0.360. The highest BCUT2D eigenvalue weighted by molar-refractivity contribution is 6.46. The summed E-state index contributed by atoms with van der Waals surface area (Å²) in [4.78, 5) is 29.9. The number of carbonyl (C=O) groups is 2. The minimum atomic E-state index is -0.768.